The second-order valence-electron chi connectivity index (χ2n) is 6.30. The van der Waals surface area contributed by atoms with Crippen LogP contribution in [0.2, 0.25) is 5.02 Å². The molecule has 2 heterocycles. The molecule has 0 saturated carbocycles. The van der Waals surface area contributed by atoms with Gasteiger partial charge in [-0.05, 0) is 42.0 Å². The molecule has 3 amide bonds. The van der Waals surface area contributed by atoms with Crippen LogP contribution in [0.5, 0.6) is 0 Å². The molecule has 27 heavy (non-hydrogen) atoms. The summed E-state index contributed by atoms with van der Waals surface area (Å²) in [5.41, 5.74) is 0.741. The van der Waals surface area contributed by atoms with Crippen molar-refractivity contribution in [1.29, 1.82) is 0 Å². The van der Waals surface area contributed by atoms with Gasteiger partial charge in [-0.25, -0.2) is 8.42 Å². The zero-order valence-corrected chi connectivity index (χ0v) is 16.6. The molecule has 0 radical (unpaired) electrons. The number of thioether (sulfide) groups is 1. The molecule has 7 nitrogen and oxygen atoms in total. The summed E-state index contributed by atoms with van der Waals surface area (Å²) < 4.78 is 22.8. The van der Waals surface area contributed by atoms with Gasteiger partial charge in [0.1, 0.15) is 0 Å². The summed E-state index contributed by atoms with van der Waals surface area (Å²) in [4.78, 5) is 37.8. The molecule has 3 rings (SSSR count). The smallest absolute Gasteiger partial charge is 0.293 e. The molecule has 10 heteroatoms. The van der Waals surface area contributed by atoms with Gasteiger partial charge < -0.3 is 5.32 Å². The third-order valence-corrected chi connectivity index (χ3v) is 7.13. The van der Waals surface area contributed by atoms with Crippen LogP contribution in [0.4, 0.5) is 4.79 Å². The Labute approximate surface area is 166 Å². The average Bonchev–Trinajstić information content (AvgIpc) is 3.07. The average molecular weight is 429 g/mol. The van der Waals surface area contributed by atoms with Gasteiger partial charge in [-0.3, -0.25) is 19.3 Å². The van der Waals surface area contributed by atoms with Crippen LogP contribution in [-0.4, -0.2) is 54.5 Å². The van der Waals surface area contributed by atoms with Crippen molar-refractivity contribution < 1.29 is 22.8 Å². The Kier molecular flexibility index (Phi) is 5.92. The first-order valence-corrected chi connectivity index (χ1v) is 11.3. The van der Waals surface area contributed by atoms with E-state index in [0.29, 0.717) is 11.4 Å². The number of nitrogens with zero attached hydrogens (tertiary/aromatic N) is 1. The van der Waals surface area contributed by atoms with E-state index in [4.69, 9.17) is 11.6 Å². The van der Waals surface area contributed by atoms with Crippen molar-refractivity contribution in [2.24, 2.45) is 0 Å². The highest BCUT2D eigenvalue weighted by Crippen LogP contribution is 2.32. The Balaban J connectivity index is 1.56. The summed E-state index contributed by atoms with van der Waals surface area (Å²) in [7, 11) is -3.08. The second kappa shape index (κ2) is 8.04. The maximum absolute atomic E-state index is 12.4. The summed E-state index contributed by atoms with van der Waals surface area (Å²) in [6.07, 6.45) is 1.92. The molecule has 0 bridgehead atoms. The van der Waals surface area contributed by atoms with Crippen LogP contribution >= 0.6 is 23.4 Å². The summed E-state index contributed by atoms with van der Waals surface area (Å²) >= 11 is 6.64. The lowest BCUT2D eigenvalue weighted by Gasteiger charge is -2.14. The minimum Gasteiger partial charge on any atom is -0.352 e. The molecule has 0 spiro atoms. The number of rotatable bonds is 5. The minimum atomic E-state index is -3.08. The lowest BCUT2D eigenvalue weighted by Crippen LogP contribution is -2.38. The SMILES string of the molecule is O=C(CCN1C(=O)SC(=Cc2ccc(Cl)cc2)C1=O)NC1CCS(=O)(=O)C1. The lowest BCUT2D eigenvalue weighted by atomic mass is 10.2. The van der Waals surface area contributed by atoms with Crippen molar-refractivity contribution in [3.05, 3.63) is 39.8 Å². The number of hydrogen-bond donors (Lipinski definition) is 1. The molecule has 1 N–H and O–H groups in total. The van der Waals surface area contributed by atoms with Crippen LogP contribution in [0.1, 0.15) is 18.4 Å². The summed E-state index contributed by atoms with van der Waals surface area (Å²) in [6.45, 7) is -0.0477. The quantitative estimate of drug-likeness (QED) is 0.720. The van der Waals surface area contributed by atoms with Gasteiger partial charge in [0.25, 0.3) is 11.1 Å². The van der Waals surface area contributed by atoms with Crippen LogP contribution in [0, 0.1) is 0 Å². The molecular weight excluding hydrogens is 412 g/mol. The Hall–Kier alpha value is -1.84. The number of halogens is 1. The molecular formula is C17H17ClN2O5S2. The highest BCUT2D eigenvalue weighted by atomic mass is 35.5. The van der Waals surface area contributed by atoms with Crippen LogP contribution in [0.25, 0.3) is 6.08 Å². The topological polar surface area (TPSA) is 101 Å². The monoisotopic (exact) mass is 428 g/mol. The number of carbonyl (C=O) groups is 3. The number of amides is 3. The third-order valence-electron chi connectivity index (χ3n) is 4.20. The van der Waals surface area contributed by atoms with E-state index in [1.165, 1.54) is 0 Å². The van der Waals surface area contributed by atoms with E-state index in [1.54, 1.807) is 30.3 Å². The highest BCUT2D eigenvalue weighted by Gasteiger charge is 2.35. The molecule has 0 aromatic heterocycles. The van der Waals surface area contributed by atoms with Crippen molar-refractivity contribution in [3.8, 4) is 0 Å². The van der Waals surface area contributed by atoms with Crippen molar-refractivity contribution in [3.63, 3.8) is 0 Å². The molecule has 2 aliphatic heterocycles. The number of sulfone groups is 1. The fraction of sp³-hybridized carbons (Fsp3) is 0.353. The molecule has 1 unspecified atom stereocenters. The van der Waals surface area contributed by atoms with E-state index in [1.807, 2.05) is 0 Å². The Morgan fingerprint density at radius 3 is 2.63 bits per heavy atom. The Bertz CT molecular complexity index is 912. The van der Waals surface area contributed by atoms with E-state index in [2.05, 4.69) is 5.32 Å². The van der Waals surface area contributed by atoms with Gasteiger partial charge in [-0.2, -0.15) is 0 Å². The van der Waals surface area contributed by atoms with Gasteiger partial charge in [0, 0.05) is 24.0 Å². The Morgan fingerprint density at radius 1 is 1.30 bits per heavy atom. The van der Waals surface area contributed by atoms with Gasteiger partial charge in [0.2, 0.25) is 5.91 Å². The first-order chi connectivity index (χ1) is 12.7. The van der Waals surface area contributed by atoms with Crippen molar-refractivity contribution in [2.75, 3.05) is 18.1 Å². The van der Waals surface area contributed by atoms with E-state index < -0.39 is 27.0 Å². The summed E-state index contributed by atoms with van der Waals surface area (Å²) in [6, 6.07) is 6.44. The number of imide groups is 1. The summed E-state index contributed by atoms with van der Waals surface area (Å²) in [5, 5.41) is 2.78. The highest BCUT2D eigenvalue weighted by molar-refractivity contribution is 8.18. The predicted octanol–water partition coefficient (Wildman–Crippen LogP) is 2.07. The molecule has 2 fully saturated rings. The second-order valence-corrected chi connectivity index (χ2v) is 9.96. The number of benzene rings is 1. The van der Waals surface area contributed by atoms with Gasteiger partial charge >= 0.3 is 0 Å². The fourth-order valence-corrected chi connectivity index (χ4v) is 5.49. The maximum Gasteiger partial charge on any atom is 0.293 e. The van der Waals surface area contributed by atoms with Gasteiger partial charge in [0.15, 0.2) is 9.84 Å². The molecule has 0 aliphatic carbocycles. The number of nitrogens with one attached hydrogen (secondary N) is 1. The predicted molar refractivity (Wildman–Crippen MR) is 104 cm³/mol. The van der Waals surface area contributed by atoms with Crippen LogP contribution in [-0.2, 0) is 19.4 Å². The lowest BCUT2D eigenvalue weighted by molar-refractivity contribution is -0.124. The third kappa shape index (κ3) is 5.12. The van der Waals surface area contributed by atoms with Crippen LogP contribution in [0.15, 0.2) is 29.2 Å². The minimum absolute atomic E-state index is 0.0477. The Morgan fingerprint density at radius 2 is 2.00 bits per heavy atom. The first kappa shape index (κ1) is 19.9. The van der Waals surface area contributed by atoms with E-state index in [0.717, 1.165) is 22.2 Å². The van der Waals surface area contributed by atoms with E-state index in [9.17, 15) is 22.8 Å². The van der Waals surface area contributed by atoms with Crippen molar-refractivity contribution in [1.82, 2.24) is 10.2 Å². The molecule has 144 valence electrons. The normalized spacial score (nSPS) is 23.2. The molecule has 1 atom stereocenters. The zero-order valence-electron chi connectivity index (χ0n) is 14.2. The zero-order chi connectivity index (χ0) is 19.6. The first-order valence-electron chi connectivity index (χ1n) is 8.24. The van der Waals surface area contributed by atoms with Gasteiger partial charge in [-0.15, -0.1) is 0 Å². The van der Waals surface area contributed by atoms with Crippen LogP contribution < -0.4 is 5.32 Å². The van der Waals surface area contributed by atoms with Crippen molar-refractivity contribution >= 4 is 56.3 Å². The standard InChI is InChI=1S/C17H17ClN2O5S2/c18-12-3-1-11(2-4-12)9-14-16(22)20(17(23)26-14)7-5-15(21)19-13-6-8-27(24,25)10-13/h1-4,9,13H,5-8,10H2,(H,19,21). The maximum atomic E-state index is 12.4. The largest absolute Gasteiger partial charge is 0.352 e. The molecule has 1 aromatic carbocycles. The molecule has 2 aliphatic rings. The molecule has 2 saturated heterocycles. The van der Waals surface area contributed by atoms with E-state index >= 15 is 0 Å². The summed E-state index contributed by atoms with van der Waals surface area (Å²) in [5.74, 6) is -0.824. The fourth-order valence-electron chi connectivity index (χ4n) is 2.83. The molecule has 1 aromatic rings. The number of hydrogen-bond acceptors (Lipinski definition) is 6. The van der Waals surface area contributed by atoms with Crippen molar-refractivity contribution in [2.45, 2.75) is 18.9 Å². The van der Waals surface area contributed by atoms with Crippen LogP contribution in [0.3, 0.4) is 0 Å². The van der Waals surface area contributed by atoms with Gasteiger partial charge in [0.05, 0.1) is 16.4 Å². The van der Waals surface area contributed by atoms with E-state index in [-0.39, 0.29) is 35.3 Å². The van der Waals surface area contributed by atoms with Gasteiger partial charge in [-0.1, -0.05) is 23.7 Å². The number of carbonyl (C=O) groups excluding carboxylic acids is 3.